The van der Waals surface area contributed by atoms with Crippen LogP contribution in [0.1, 0.15) is 23.8 Å². The molecule has 0 saturated carbocycles. The molecule has 0 aromatic carbocycles. The lowest BCUT2D eigenvalue weighted by Gasteiger charge is -2.33. The lowest BCUT2D eigenvalue weighted by Crippen LogP contribution is -2.49. The number of amides is 1. The van der Waals surface area contributed by atoms with Crippen molar-refractivity contribution in [3.05, 3.63) is 16.6 Å². The molecular formula is C12H21Cl2N3O2S. The van der Waals surface area contributed by atoms with E-state index in [9.17, 15) is 4.79 Å². The zero-order chi connectivity index (χ0) is 13.0. The second-order valence-electron chi connectivity index (χ2n) is 4.56. The Balaban J connectivity index is 0.00000180. The molecule has 0 radical (unpaired) electrons. The molecule has 1 saturated heterocycles. The van der Waals surface area contributed by atoms with E-state index in [2.05, 4.69) is 4.98 Å². The van der Waals surface area contributed by atoms with Crippen LogP contribution in [-0.2, 0) is 9.53 Å². The molecule has 1 amide bonds. The first-order valence-corrected chi connectivity index (χ1v) is 7.03. The van der Waals surface area contributed by atoms with E-state index in [1.54, 1.807) is 18.4 Å². The molecule has 5 nitrogen and oxygen atoms in total. The largest absolute Gasteiger partial charge is 0.383 e. The highest BCUT2D eigenvalue weighted by Crippen LogP contribution is 2.28. The van der Waals surface area contributed by atoms with Crippen molar-refractivity contribution in [2.24, 2.45) is 5.73 Å². The molecule has 0 spiro atoms. The molecule has 0 aliphatic carbocycles. The number of carbonyl (C=O) groups is 1. The molecule has 2 heterocycles. The summed E-state index contributed by atoms with van der Waals surface area (Å²) >= 11 is 1.66. The van der Waals surface area contributed by atoms with Gasteiger partial charge in [-0.15, -0.1) is 36.2 Å². The van der Waals surface area contributed by atoms with Crippen molar-refractivity contribution in [2.75, 3.05) is 26.8 Å². The van der Waals surface area contributed by atoms with Gasteiger partial charge in [-0.2, -0.15) is 0 Å². The number of thiazole rings is 1. The molecule has 2 unspecified atom stereocenters. The monoisotopic (exact) mass is 341 g/mol. The Morgan fingerprint density at radius 3 is 3.00 bits per heavy atom. The van der Waals surface area contributed by atoms with Crippen molar-refractivity contribution in [2.45, 2.75) is 24.8 Å². The predicted octanol–water partition coefficient (Wildman–Crippen LogP) is 1.67. The van der Waals surface area contributed by atoms with E-state index in [1.165, 1.54) is 0 Å². The molecule has 1 aliphatic heterocycles. The van der Waals surface area contributed by atoms with Crippen LogP contribution in [0.2, 0.25) is 0 Å². The Bertz CT molecular complexity index is 392. The van der Waals surface area contributed by atoms with E-state index in [1.807, 2.05) is 16.5 Å². The van der Waals surface area contributed by atoms with Crippen LogP contribution in [0.4, 0.5) is 0 Å². The third-order valence-corrected chi connectivity index (χ3v) is 4.14. The van der Waals surface area contributed by atoms with E-state index in [0.29, 0.717) is 5.92 Å². The SMILES string of the molecule is COCC(N)C(=O)N1CCCC(c2nccs2)C1.Cl.Cl. The second kappa shape index (κ2) is 9.52. The molecule has 2 N–H and O–H groups in total. The minimum atomic E-state index is -0.551. The van der Waals surface area contributed by atoms with E-state index in [0.717, 1.165) is 30.9 Å². The van der Waals surface area contributed by atoms with Gasteiger partial charge in [0, 0.05) is 37.7 Å². The summed E-state index contributed by atoms with van der Waals surface area (Å²) < 4.78 is 4.93. The molecule has 1 aromatic heterocycles. The zero-order valence-electron chi connectivity index (χ0n) is 11.4. The molecule has 2 rings (SSSR count). The standard InChI is InChI=1S/C12H19N3O2S.2ClH/c1-17-8-10(13)12(16)15-5-2-3-9(7-15)11-14-4-6-18-11;;/h4,6,9-10H,2-3,5,7-8,13H2,1H3;2*1H. The Hall–Kier alpha value is -0.400. The van der Waals surface area contributed by atoms with Crippen molar-refractivity contribution in [1.29, 1.82) is 0 Å². The normalized spacial score (nSPS) is 19.7. The average molecular weight is 342 g/mol. The number of piperidine rings is 1. The lowest BCUT2D eigenvalue weighted by atomic mass is 9.98. The maximum absolute atomic E-state index is 12.1. The van der Waals surface area contributed by atoms with Crippen molar-refractivity contribution < 1.29 is 9.53 Å². The summed E-state index contributed by atoms with van der Waals surface area (Å²) in [5, 5.41) is 3.10. The maximum Gasteiger partial charge on any atom is 0.241 e. The Labute approximate surface area is 135 Å². The van der Waals surface area contributed by atoms with Crippen molar-refractivity contribution in [1.82, 2.24) is 9.88 Å². The predicted molar refractivity (Wildman–Crippen MR) is 85.0 cm³/mol. The van der Waals surface area contributed by atoms with Crippen LogP contribution in [0.15, 0.2) is 11.6 Å². The molecule has 8 heteroatoms. The zero-order valence-corrected chi connectivity index (χ0v) is 13.8. The molecule has 116 valence electrons. The van der Waals surface area contributed by atoms with Crippen LogP contribution >= 0.6 is 36.2 Å². The first-order valence-electron chi connectivity index (χ1n) is 6.15. The first kappa shape index (κ1) is 19.6. The van der Waals surface area contributed by atoms with Gasteiger partial charge in [-0.1, -0.05) is 0 Å². The van der Waals surface area contributed by atoms with Gasteiger partial charge in [-0.25, -0.2) is 4.98 Å². The number of hydrogen-bond donors (Lipinski definition) is 1. The van der Waals surface area contributed by atoms with Gasteiger partial charge in [0.05, 0.1) is 11.6 Å². The smallest absolute Gasteiger partial charge is 0.241 e. The summed E-state index contributed by atoms with van der Waals surface area (Å²) in [4.78, 5) is 18.3. The van der Waals surface area contributed by atoms with Gasteiger partial charge in [-0.05, 0) is 12.8 Å². The molecule has 1 fully saturated rings. The average Bonchev–Trinajstić information content (AvgIpc) is 2.92. The minimum absolute atomic E-state index is 0. The number of carbonyl (C=O) groups excluding carboxylic acids is 1. The number of likely N-dealkylation sites (tertiary alicyclic amines) is 1. The Kier molecular flexibility index (Phi) is 9.33. The number of halogens is 2. The summed E-state index contributed by atoms with van der Waals surface area (Å²) in [6.45, 7) is 1.79. The number of nitrogens with zero attached hydrogens (tertiary/aromatic N) is 2. The second-order valence-corrected chi connectivity index (χ2v) is 5.48. The third-order valence-electron chi connectivity index (χ3n) is 3.20. The van der Waals surface area contributed by atoms with Gasteiger partial charge in [0.2, 0.25) is 5.91 Å². The highest BCUT2D eigenvalue weighted by molar-refractivity contribution is 7.09. The Morgan fingerprint density at radius 1 is 1.65 bits per heavy atom. The number of methoxy groups -OCH3 is 1. The minimum Gasteiger partial charge on any atom is -0.383 e. The molecule has 0 bridgehead atoms. The van der Waals surface area contributed by atoms with Gasteiger partial charge in [-0.3, -0.25) is 4.79 Å². The fourth-order valence-electron chi connectivity index (χ4n) is 2.30. The van der Waals surface area contributed by atoms with Crippen LogP contribution in [0.3, 0.4) is 0 Å². The quantitative estimate of drug-likeness (QED) is 0.904. The van der Waals surface area contributed by atoms with Crippen LogP contribution in [0, 0.1) is 0 Å². The summed E-state index contributed by atoms with van der Waals surface area (Å²) in [6.07, 6.45) is 3.92. The maximum atomic E-state index is 12.1. The van der Waals surface area contributed by atoms with Gasteiger partial charge in [0.25, 0.3) is 0 Å². The molecule has 1 aromatic rings. The van der Waals surface area contributed by atoms with Gasteiger partial charge in [0.15, 0.2) is 0 Å². The Morgan fingerprint density at radius 2 is 2.40 bits per heavy atom. The van der Waals surface area contributed by atoms with Crippen LogP contribution in [0.5, 0.6) is 0 Å². The van der Waals surface area contributed by atoms with E-state index in [4.69, 9.17) is 10.5 Å². The highest BCUT2D eigenvalue weighted by Gasteiger charge is 2.28. The van der Waals surface area contributed by atoms with Crippen LogP contribution in [-0.4, -0.2) is 48.6 Å². The van der Waals surface area contributed by atoms with E-state index < -0.39 is 6.04 Å². The number of rotatable bonds is 4. The third kappa shape index (κ3) is 4.86. The van der Waals surface area contributed by atoms with E-state index >= 15 is 0 Å². The number of nitrogens with two attached hydrogens (primary N) is 1. The van der Waals surface area contributed by atoms with Crippen molar-refractivity contribution in [3.63, 3.8) is 0 Å². The summed E-state index contributed by atoms with van der Waals surface area (Å²) in [5.41, 5.74) is 5.79. The molecule has 20 heavy (non-hydrogen) atoms. The summed E-state index contributed by atoms with van der Waals surface area (Å²) in [6, 6.07) is -0.551. The van der Waals surface area contributed by atoms with Crippen molar-refractivity contribution in [3.8, 4) is 0 Å². The summed E-state index contributed by atoms with van der Waals surface area (Å²) in [7, 11) is 1.56. The number of hydrogen-bond acceptors (Lipinski definition) is 5. The van der Waals surface area contributed by atoms with Gasteiger partial charge < -0.3 is 15.4 Å². The molecule has 2 atom stereocenters. The molecular weight excluding hydrogens is 321 g/mol. The summed E-state index contributed by atoms with van der Waals surface area (Å²) in [5.74, 6) is 0.343. The van der Waals surface area contributed by atoms with Crippen molar-refractivity contribution >= 4 is 42.1 Å². The fourth-order valence-corrected chi connectivity index (χ4v) is 3.07. The first-order chi connectivity index (χ1) is 8.72. The van der Waals surface area contributed by atoms with Crippen LogP contribution < -0.4 is 5.73 Å². The van der Waals surface area contributed by atoms with E-state index in [-0.39, 0.29) is 37.3 Å². The highest BCUT2D eigenvalue weighted by atomic mass is 35.5. The van der Waals surface area contributed by atoms with Gasteiger partial charge >= 0.3 is 0 Å². The fraction of sp³-hybridized carbons (Fsp3) is 0.667. The topological polar surface area (TPSA) is 68.5 Å². The number of aromatic nitrogens is 1. The van der Waals surface area contributed by atoms with Crippen LogP contribution in [0.25, 0.3) is 0 Å². The number of ether oxygens (including phenoxy) is 1. The lowest BCUT2D eigenvalue weighted by molar-refractivity contribution is -0.135. The molecule has 1 aliphatic rings. The van der Waals surface area contributed by atoms with Gasteiger partial charge in [0.1, 0.15) is 6.04 Å².